The number of aliphatic hydroxyl groups is 1. The third-order valence-electron chi connectivity index (χ3n) is 6.36. The lowest BCUT2D eigenvalue weighted by Gasteiger charge is -2.51. The van der Waals surface area contributed by atoms with Gasteiger partial charge in [-0.3, -0.25) is 4.79 Å². The fraction of sp³-hybridized carbons (Fsp3) is 0.409. The molecule has 4 atom stereocenters. The van der Waals surface area contributed by atoms with Gasteiger partial charge in [-0.2, -0.15) is 0 Å². The summed E-state index contributed by atoms with van der Waals surface area (Å²) >= 11 is 0. The van der Waals surface area contributed by atoms with E-state index in [0.717, 1.165) is 17.5 Å². The molecule has 0 unspecified atom stereocenters. The summed E-state index contributed by atoms with van der Waals surface area (Å²) in [6, 6.07) is 18.7. The molecule has 136 valence electrons. The van der Waals surface area contributed by atoms with Gasteiger partial charge in [-0.1, -0.05) is 54.6 Å². The van der Waals surface area contributed by atoms with Gasteiger partial charge >= 0.3 is 0 Å². The molecule has 2 aliphatic heterocycles. The predicted molar refractivity (Wildman–Crippen MR) is 102 cm³/mol. The van der Waals surface area contributed by atoms with Crippen LogP contribution in [-0.2, 0) is 10.2 Å². The van der Waals surface area contributed by atoms with Gasteiger partial charge in [0.15, 0.2) is 0 Å². The highest BCUT2D eigenvalue weighted by molar-refractivity contribution is 5.94. The van der Waals surface area contributed by atoms with Gasteiger partial charge in [0, 0.05) is 25.1 Å². The molecule has 1 fully saturated rings. The van der Waals surface area contributed by atoms with Crippen molar-refractivity contribution < 1.29 is 9.90 Å². The van der Waals surface area contributed by atoms with Crippen LogP contribution in [0.15, 0.2) is 54.6 Å². The first-order chi connectivity index (χ1) is 12.6. The number of nitrogens with one attached hydrogen (secondary N) is 1. The molecule has 0 bridgehead atoms. The number of nitrogens with zero attached hydrogens (tertiary/aromatic N) is 1. The fourth-order valence-corrected chi connectivity index (χ4v) is 4.82. The Balaban J connectivity index is 1.88. The van der Waals surface area contributed by atoms with Crippen molar-refractivity contribution >= 4 is 5.91 Å². The molecule has 1 amide bonds. The zero-order valence-corrected chi connectivity index (χ0v) is 15.4. The van der Waals surface area contributed by atoms with Crippen LogP contribution in [0.25, 0.3) is 0 Å². The zero-order chi connectivity index (χ0) is 18.3. The Morgan fingerprint density at radius 1 is 1.15 bits per heavy atom. The van der Waals surface area contributed by atoms with Crippen molar-refractivity contribution in [2.75, 3.05) is 20.2 Å². The van der Waals surface area contributed by atoms with E-state index < -0.39 is 5.41 Å². The summed E-state index contributed by atoms with van der Waals surface area (Å²) < 4.78 is 0. The molecule has 4 rings (SSSR count). The molecule has 0 aromatic heterocycles. The molecular weight excluding hydrogens is 324 g/mol. The number of hydrogen-bond donors (Lipinski definition) is 2. The normalized spacial score (nSPS) is 30.7. The molecule has 2 heterocycles. The zero-order valence-electron chi connectivity index (χ0n) is 15.4. The van der Waals surface area contributed by atoms with Crippen LogP contribution >= 0.6 is 0 Å². The Bertz CT molecular complexity index is 807. The van der Waals surface area contributed by atoms with Crippen LogP contribution < -0.4 is 5.32 Å². The molecule has 0 aliphatic carbocycles. The quantitative estimate of drug-likeness (QED) is 0.894. The van der Waals surface area contributed by atoms with E-state index in [1.807, 2.05) is 55.3 Å². The first-order valence-electron chi connectivity index (χ1n) is 9.35. The van der Waals surface area contributed by atoms with Crippen LogP contribution in [0.5, 0.6) is 0 Å². The van der Waals surface area contributed by atoms with Crippen molar-refractivity contribution in [3.8, 4) is 0 Å². The minimum absolute atomic E-state index is 0.0606. The second-order valence-corrected chi connectivity index (χ2v) is 7.63. The average Bonchev–Trinajstić information content (AvgIpc) is 2.71. The Hall–Kier alpha value is -2.17. The van der Waals surface area contributed by atoms with Gasteiger partial charge in [0.25, 0.3) is 0 Å². The largest absolute Gasteiger partial charge is 0.396 e. The van der Waals surface area contributed by atoms with E-state index in [1.54, 1.807) is 0 Å². The van der Waals surface area contributed by atoms with E-state index in [-0.39, 0.29) is 30.5 Å². The van der Waals surface area contributed by atoms with Crippen LogP contribution in [0, 0.1) is 5.92 Å². The first kappa shape index (κ1) is 17.3. The monoisotopic (exact) mass is 350 g/mol. The maximum Gasteiger partial charge on any atom is 0.237 e. The van der Waals surface area contributed by atoms with Gasteiger partial charge < -0.3 is 15.3 Å². The molecule has 1 saturated heterocycles. The van der Waals surface area contributed by atoms with E-state index in [4.69, 9.17) is 0 Å². The van der Waals surface area contributed by atoms with E-state index in [0.29, 0.717) is 6.54 Å². The third-order valence-corrected chi connectivity index (χ3v) is 6.36. The molecular formula is C22H26N2O2. The number of fused-ring (bicyclic) bond motifs is 3. The molecule has 2 aromatic carbocycles. The Kier molecular flexibility index (Phi) is 4.33. The van der Waals surface area contributed by atoms with Crippen molar-refractivity contribution in [2.45, 2.75) is 30.8 Å². The van der Waals surface area contributed by atoms with Crippen LogP contribution in [-0.4, -0.2) is 42.2 Å². The maximum atomic E-state index is 13.7. The molecule has 2 aromatic rings. The Morgan fingerprint density at radius 3 is 2.54 bits per heavy atom. The smallest absolute Gasteiger partial charge is 0.237 e. The van der Waals surface area contributed by atoms with Crippen molar-refractivity contribution in [3.05, 3.63) is 71.3 Å². The lowest BCUT2D eigenvalue weighted by atomic mass is 9.67. The maximum absolute atomic E-state index is 13.7. The summed E-state index contributed by atoms with van der Waals surface area (Å²) in [5, 5.41) is 13.2. The summed E-state index contributed by atoms with van der Waals surface area (Å²) in [5.41, 5.74) is 2.66. The average molecular weight is 350 g/mol. The van der Waals surface area contributed by atoms with E-state index in [9.17, 15) is 9.90 Å². The number of rotatable bonds is 3. The van der Waals surface area contributed by atoms with Gasteiger partial charge in [0.05, 0.1) is 11.5 Å². The highest BCUT2D eigenvalue weighted by Crippen LogP contribution is 2.48. The summed E-state index contributed by atoms with van der Waals surface area (Å²) in [6.45, 7) is 2.71. The number of piperidine rings is 1. The number of hydrogen-bond acceptors (Lipinski definition) is 3. The molecule has 2 N–H and O–H groups in total. The number of carbonyl (C=O) groups is 1. The summed E-state index contributed by atoms with van der Waals surface area (Å²) in [6.07, 6.45) is 0.829. The van der Waals surface area contributed by atoms with Crippen molar-refractivity contribution in [1.82, 2.24) is 10.2 Å². The Labute approximate surface area is 154 Å². The van der Waals surface area contributed by atoms with Gasteiger partial charge in [-0.25, -0.2) is 0 Å². The standard InChI is InChI=1S/C22H26N2O2/c1-22(16-8-4-3-5-9-16)18-11-7-6-10-17(18)20-12-19(23-2)15(14-25)13-24(20)21(22)26/h3-11,15,19-20,23,25H,12-14H2,1-2H3/t15-,19-,20-,22+/m0/s1. The third kappa shape index (κ3) is 2.40. The Morgan fingerprint density at radius 2 is 1.85 bits per heavy atom. The van der Waals surface area contributed by atoms with Crippen molar-refractivity contribution in [1.29, 1.82) is 0 Å². The lowest BCUT2D eigenvalue weighted by Crippen LogP contribution is -2.59. The minimum atomic E-state index is -0.694. The van der Waals surface area contributed by atoms with Crippen molar-refractivity contribution in [2.24, 2.45) is 5.92 Å². The molecule has 2 aliphatic rings. The van der Waals surface area contributed by atoms with Crippen LogP contribution in [0.4, 0.5) is 0 Å². The fourth-order valence-electron chi connectivity index (χ4n) is 4.82. The van der Waals surface area contributed by atoms with Crippen LogP contribution in [0.1, 0.15) is 36.1 Å². The number of amides is 1. The summed E-state index contributed by atoms with van der Waals surface area (Å²) in [4.78, 5) is 15.7. The lowest BCUT2D eigenvalue weighted by molar-refractivity contribution is -0.143. The van der Waals surface area contributed by atoms with Gasteiger partial charge in [-0.05, 0) is 37.1 Å². The van der Waals surface area contributed by atoms with Crippen LogP contribution in [0.3, 0.4) is 0 Å². The highest BCUT2D eigenvalue weighted by Gasteiger charge is 2.51. The summed E-state index contributed by atoms with van der Waals surface area (Å²) in [7, 11) is 1.94. The molecule has 4 nitrogen and oxygen atoms in total. The molecule has 26 heavy (non-hydrogen) atoms. The molecule has 0 radical (unpaired) electrons. The molecule has 0 spiro atoms. The van der Waals surface area contributed by atoms with Crippen LogP contribution in [0.2, 0.25) is 0 Å². The number of aliphatic hydroxyl groups excluding tert-OH is 1. The van der Waals surface area contributed by atoms with Gasteiger partial charge in [-0.15, -0.1) is 0 Å². The predicted octanol–water partition coefficient (Wildman–Crippen LogP) is 2.48. The second-order valence-electron chi connectivity index (χ2n) is 7.63. The first-order valence-corrected chi connectivity index (χ1v) is 9.35. The minimum Gasteiger partial charge on any atom is -0.396 e. The SMILES string of the molecule is CN[C@H]1C[C@H]2c3ccccc3[C@@](C)(c3ccccc3)C(=O)N2C[C@H]1CO. The van der Waals surface area contributed by atoms with Crippen molar-refractivity contribution in [3.63, 3.8) is 0 Å². The topological polar surface area (TPSA) is 52.6 Å². The second kappa shape index (κ2) is 6.53. The van der Waals surface area contributed by atoms with Gasteiger partial charge in [0.2, 0.25) is 5.91 Å². The van der Waals surface area contributed by atoms with E-state index in [1.165, 1.54) is 5.56 Å². The number of benzene rings is 2. The molecule has 0 saturated carbocycles. The number of carbonyl (C=O) groups excluding carboxylic acids is 1. The summed E-state index contributed by atoms with van der Waals surface area (Å²) in [5.74, 6) is 0.200. The highest BCUT2D eigenvalue weighted by atomic mass is 16.3. The molecule has 4 heteroatoms. The van der Waals surface area contributed by atoms with Gasteiger partial charge in [0.1, 0.15) is 0 Å². The van der Waals surface area contributed by atoms with E-state index in [2.05, 4.69) is 23.5 Å². The van der Waals surface area contributed by atoms with E-state index >= 15 is 0 Å².